The second-order valence-corrected chi connectivity index (χ2v) is 2.69. The fourth-order valence-corrected chi connectivity index (χ4v) is 1.14. The molecule has 0 aromatic carbocycles. The Morgan fingerprint density at radius 3 is 3.20 bits per heavy atom. The first kappa shape index (κ1) is 5.85. The third-order valence-corrected chi connectivity index (χ3v) is 1.91. The van der Waals surface area contributed by atoms with E-state index in [0.717, 1.165) is 9.86 Å². The molecule has 0 atom stereocenters. The van der Waals surface area contributed by atoms with Crippen molar-refractivity contribution in [3.8, 4) is 0 Å². The first-order valence-corrected chi connectivity index (χ1v) is 3.52. The van der Waals surface area contributed by atoms with E-state index >= 15 is 0 Å². The molecule has 2 rings (SSSR count). The molecule has 0 spiro atoms. The summed E-state index contributed by atoms with van der Waals surface area (Å²) in [4.78, 5) is 3.94. The Hall–Kier alpha value is -0.900. The maximum Gasteiger partial charge on any atom is 0.258 e. The average molecular weight is 199 g/mol. The molecule has 0 saturated heterocycles. The van der Waals surface area contributed by atoms with Crippen molar-refractivity contribution in [1.82, 2.24) is 10.1 Å². The third-order valence-electron chi connectivity index (χ3n) is 1.22. The minimum atomic E-state index is 0.564. The summed E-state index contributed by atoms with van der Waals surface area (Å²) in [6, 6.07) is 1.85. The smallest absolute Gasteiger partial charge is 0.258 e. The van der Waals surface area contributed by atoms with Crippen LogP contribution < -0.4 is 0 Å². The van der Waals surface area contributed by atoms with E-state index in [9.17, 15) is 0 Å². The Morgan fingerprint density at radius 2 is 2.40 bits per heavy atom. The number of rotatable bonds is 0. The molecule has 0 fully saturated rings. The molecule has 0 N–H and O–H groups in total. The summed E-state index contributed by atoms with van der Waals surface area (Å²) in [5, 5.41) is 4.50. The van der Waals surface area contributed by atoms with Crippen molar-refractivity contribution in [3.05, 3.63) is 22.9 Å². The first-order valence-electron chi connectivity index (χ1n) is 2.73. The van der Waals surface area contributed by atoms with Crippen LogP contribution in [0.5, 0.6) is 0 Å². The summed E-state index contributed by atoms with van der Waals surface area (Å²) in [6.07, 6.45) is 3.30. The van der Waals surface area contributed by atoms with Crippen LogP contribution in [0.25, 0.3) is 11.1 Å². The van der Waals surface area contributed by atoms with Crippen molar-refractivity contribution in [3.63, 3.8) is 0 Å². The summed E-state index contributed by atoms with van der Waals surface area (Å²) < 4.78 is 5.76. The Balaban J connectivity index is 2.95. The second kappa shape index (κ2) is 2.05. The predicted octanol–water partition coefficient (Wildman–Crippen LogP) is 1.99. The van der Waals surface area contributed by atoms with Crippen molar-refractivity contribution >= 4 is 27.0 Å². The summed E-state index contributed by atoms with van der Waals surface area (Å²) in [7, 11) is 0. The maximum atomic E-state index is 4.81. The summed E-state index contributed by atoms with van der Waals surface area (Å²) in [5.74, 6) is 0. The van der Waals surface area contributed by atoms with Gasteiger partial charge in [0.25, 0.3) is 5.71 Å². The molecular formula is C6H3BrN2O. The SMILES string of the molecule is Brc1ccnc2oncc12. The number of nitrogens with zero attached hydrogens (tertiary/aromatic N) is 2. The first-order chi connectivity index (χ1) is 4.88. The van der Waals surface area contributed by atoms with Gasteiger partial charge in [-0.15, -0.1) is 0 Å². The molecule has 4 heteroatoms. The largest absolute Gasteiger partial charge is 0.336 e. The zero-order valence-electron chi connectivity index (χ0n) is 4.91. The van der Waals surface area contributed by atoms with Crippen LogP contribution in [-0.4, -0.2) is 10.1 Å². The molecule has 2 aromatic rings. The fourth-order valence-electron chi connectivity index (χ4n) is 0.750. The van der Waals surface area contributed by atoms with Crippen molar-refractivity contribution in [1.29, 1.82) is 0 Å². The van der Waals surface area contributed by atoms with E-state index in [1.54, 1.807) is 12.4 Å². The van der Waals surface area contributed by atoms with Gasteiger partial charge in [-0.25, -0.2) is 4.98 Å². The second-order valence-electron chi connectivity index (χ2n) is 1.84. The van der Waals surface area contributed by atoms with Crippen molar-refractivity contribution in [2.24, 2.45) is 0 Å². The Bertz CT molecular complexity index is 357. The highest BCUT2D eigenvalue weighted by Gasteiger charge is 2.00. The molecule has 0 aliphatic rings. The van der Waals surface area contributed by atoms with Gasteiger partial charge in [-0.3, -0.25) is 0 Å². The molecule has 0 aliphatic carbocycles. The number of hydrogen-bond donors (Lipinski definition) is 0. The molecule has 0 amide bonds. The minimum Gasteiger partial charge on any atom is -0.336 e. The van der Waals surface area contributed by atoms with E-state index in [2.05, 4.69) is 26.1 Å². The topological polar surface area (TPSA) is 38.9 Å². The number of aromatic nitrogens is 2. The molecule has 10 heavy (non-hydrogen) atoms. The zero-order valence-corrected chi connectivity index (χ0v) is 6.50. The number of fused-ring (bicyclic) bond motifs is 1. The van der Waals surface area contributed by atoms with Gasteiger partial charge in [-0.05, 0) is 22.0 Å². The Labute approximate surface area is 65.2 Å². The van der Waals surface area contributed by atoms with Crippen molar-refractivity contribution < 1.29 is 4.52 Å². The van der Waals surface area contributed by atoms with E-state index in [0.29, 0.717) is 5.71 Å². The van der Waals surface area contributed by atoms with Crippen LogP contribution in [0, 0.1) is 0 Å². The Morgan fingerprint density at radius 1 is 1.50 bits per heavy atom. The molecule has 0 bridgehead atoms. The standard InChI is InChI=1S/C6H3BrN2O/c7-5-1-2-8-6-4(5)3-9-10-6/h1-3H. The lowest BCUT2D eigenvalue weighted by Gasteiger charge is -1.86. The van der Waals surface area contributed by atoms with Crippen molar-refractivity contribution in [2.45, 2.75) is 0 Å². The summed E-state index contributed by atoms with van der Waals surface area (Å²) >= 11 is 3.34. The van der Waals surface area contributed by atoms with Gasteiger partial charge in [0.2, 0.25) is 0 Å². The van der Waals surface area contributed by atoms with Crippen LogP contribution in [0.15, 0.2) is 27.5 Å². The third kappa shape index (κ3) is 0.724. The highest BCUT2D eigenvalue weighted by molar-refractivity contribution is 9.10. The predicted molar refractivity (Wildman–Crippen MR) is 39.5 cm³/mol. The Kier molecular flexibility index (Phi) is 1.20. The highest BCUT2D eigenvalue weighted by Crippen LogP contribution is 2.20. The molecule has 0 aliphatic heterocycles. The van der Waals surface area contributed by atoms with Gasteiger partial charge in [0.1, 0.15) is 0 Å². The van der Waals surface area contributed by atoms with E-state index in [1.807, 2.05) is 6.07 Å². The fraction of sp³-hybridized carbons (Fsp3) is 0. The highest BCUT2D eigenvalue weighted by atomic mass is 79.9. The van der Waals surface area contributed by atoms with Crippen LogP contribution in [0.4, 0.5) is 0 Å². The number of halogens is 1. The van der Waals surface area contributed by atoms with Gasteiger partial charge in [0.15, 0.2) is 0 Å². The molecular weight excluding hydrogens is 196 g/mol. The van der Waals surface area contributed by atoms with E-state index < -0.39 is 0 Å². The lowest BCUT2D eigenvalue weighted by atomic mass is 10.4. The van der Waals surface area contributed by atoms with Crippen LogP contribution >= 0.6 is 15.9 Å². The lowest BCUT2D eigenvalue weighted by Crippen LogP contribution is -1.70. The molecule has 0 radical (unpaired) electrons. The van der Waals surface area contributed by atoms with Crippen LogP contribution in [0.2, 0.25) is 0 Å². The molecule has 0 saturated carbocycles. The van der Waals surface area contributed by atoms with Gasteiger partial charge in [0.05, 0.1) is 11.6 Å². The maximum absolute atomic E-state index is 4.81. The van der Waals surface area contributed by atoms with Gasteiger partial charge in [-0.2, -0.15) is 0 Å². The van der Waals surface area contributed by atoms with E-state index in [-0.39, 0.29) is 0 Å². The summed E-state index contributed by atoms with van der Waals surface area (Å²) in [5.41, 5.74) is 0.564. The van der Waals surface area contributed by atoms with Crippen LogP contribution in [0.1, 0.15) is 0 Å². The van der Waals surface area contributed by atoms with Gasteiger partial charge in [-0.1, -0.05) is 5.16 Å². The average Bonchev–Trinajstić information content (AvgIpc) is 2.36. The molecule has 50 valence electrons. The van der Waals surface area contributed by atoms with E-state index in [1.165, 1.54) is 0 Å². The lowest BCUT2D eigenvalue weighted by molar-refractivity contribution is 0.448. The monoisotopic (exact) mass is 198 g/mol. The van der Waals surface area contributed by atoms with Gasteiger partial charge >= 0.3 is 0 Å². The number of hydrogen-bond acceptors (Lipinski definition) is 3. The van der Waals surface area contributed by atoms with Gasteiger partial charge < -0.3 is 4.52 Å². The number of pyridine rings is 1. The van der Waals surface area contributed by atoms with Gasteiger partial charge in [0, 0.05) is 10.7 Å². The quantitative estimate of drug-likeness (QED) is 0.651. The molecule has 2 heterocycles. The normalized spacial score (nSPS) is 10.5. The van der Waals surface area contributed by atoms with Crippen molar-refractivity contribution in [2.75, 3.05) is 0 Å². The van der Waals surface area contributed by atoms with E-state index in [4.69, 9.17) is 4.52 Å². The molecule has 2 aromatic heterocycles. The van der Waals surface area contributed by atoms with Crippen LogP contribution in [-0.2, 0) is 0 Å². The molecule has 0 unspecified atom stereocenters. The summed E-state index contributed by atoms with van der Waals surface area (Å²) in [6.45, 7) is 0. The minimum absolute atomic E-state index is 0.564. The molecule has 3 nitrogen and oxygen atoms in total. The zero-order chi connectivity index (χ0) is 6.97. The van der Waals surface area contributed by atoms with Crippen LogP contribution in [0.3, 0.4) is 0 Å².